The number of nitrogens with zero attached hydrogens (tertiary/aromatic N) is 3. The summed E-state index contributed by atoms with van der Waals surface area (Å²) < 4.78 is 1.80. The lowest BCUT2D eigenvalue weighted by molar-refractivity contribution is 0.102. The zero-order chi connectivity index (χ0) is 19.3. The van der Waals surface area contributed by atoms with Crippen LogP contribution in [0.25, 0.3) is 11.0 Å². The number of nitrogens with one attached hydrogen (secondary N) is 1. The average molecular weight is 366 g/mol. The maximum atomic E-state index is 12.6. The average Bonchev–Trinajstić information content (AvgIpc) is 3.15. The molecule has 0 aliphatic heterocycles. The summed E-state index contributed by atoms with van der Waals surface area (Å²) in [5.41, 5.74) is 4.64. The first-order valence-corrected chi connectivity index (χ1v) is 9.04. The lowest BCUT2D eigenvalue weighted by Crippen LogP contribution is -2.11. The summed E-state index contributed by atoms with van der Waals surface area (Å²) in [6.07, 6.45) is 0. The number of amides is 1. The number of hydrogen-bond acceptors (Lipinski definition) is 3. The molecule has 0 spiro atoms. The predicted octanol–water partition coefficient (Wildman–Crippen LogP) is 4.10. The highest BCUT2D eigenvalue weighted by atomic mass is 16.1. The van der Waals surface area contributed by atoms with Crippen LogP contribution in [-0.2, 0) is 6.54 Å². The number of benzene rings is 3. The van der Waals surface area contributed by atoms with Gasteiger partial charge in [0.05, 0.1) is 5.52 Å². The lowest BCUT2D eigenvalue weighted by atomic mass is 10.1. The number of anilines is 1. The Morgan fingerprint density at radius 2 is 1.75 bits per heavy atom. The third-order valence-corrected chi connectivity index (χ3v) is 4.32. The largest absolute Gasteiger partial charge is 0.322 e. The van der Waals surface area contributed by atoms with Crippen LogP contribution in [0.3, 0.4) is 0 Å². The molecule has 136 valence electrons. The number of fused-ring (bicyclic) bond motifs is 1. The van der Waals surface area contributed by atoms with E-state index in [0.717, 1.165) is 23.2 Å². The molecule has 1 N–H and O–H groups in total. The summed E-state index contributed by atoms with van der Waals surface area (Å²) in [7, 11) is 0. The van der Waals surface area contributed by atoms with Crippen LogP contribution in [0.4, 0.5) is 5.69 Å². The van der Waals surface area contributed by atoms with Crippen molar-refractivity contribution >= 4 is 22.6 Å². The second-order valence-corrected chi connectivity index (χ2v) is 6.26. The number of aryl methyl sites for hydroxylation is 1. The minimum Gasteiger partial charge on any atom is -0.322 e. The fraction of sp³-hybridized carbons (Fsp3) is 0.0870. The Bertz CT molecular complexity index is 1200. The standard InChI is InChI=1S/C23H18N4O/c1-2-27-22-14-13-19(16-21(22)25-26-27)23(28)24-20-10-6-9-18(15-20)12-11-17-7-4-3-5-8-17/h3-10,13-16H,2H2,1H3,(H,24,28). The highest BCUT2D eigenvalue weighted by Crippen LogP contribution is 2.16. The molecule has 0 atom stereocenters. The van der Waals surface area contributed by atoms with Gasteiger partial charge in [-0.25, -0.2) is 4.68 Å². The molecule has 0 aliphatic carbocycles. The molecule has 5 nitrogen and oxygen atoms in total. The third kappa shape index (κ3) is 3.76. The number of rotatable bonds is 3. The van der Waals surface area contributed by atoms with E-state index in [2.05, 4.69) is 27.5 Å². The van der Waals surface area contributed by atoms with Gasteiger partial charge in [-0.1, -0.05) is 41.3 Å². The van der Waals surface area contributed by atoms with Crippen LogP contribution >= 0.6 is 0 Å². The summed E-state index contributed by atoms with van der Waals surface area (Å²) >= 11 is 0. The maximum absolute atomic E-state index is 12.6. The lowest BCUT2D eigenvalue weighted by Gasteiger charge is -2.06. The zero-order valence-corrected chi connectivity index (χ0v) is 15.4. The molecule has 5 heteroatoms. The Balaban J connectivity index is 1.53. The first kappa shape index (κ1) is 17.5. The van der Waals surface area contributed by atoms with Gasteiger partial charge in [0.25, 0.3) is 5.91 Å². The van der Waals surface area contributed by atoms with Gasteiger partial charge in [0.2, 0.25) is 0 Å². The van der Waals surface area contributed by atoms with E-state index in [0.29, 0.717) is 16.8 Å². The molecule has 4 rings (SSSR count). The Morgan fingerprint density at radius 1 is 0.964 bits per heavy atom. The second kappa shape index (κ2) is 7.77. The summed E-state index contributed by atoms with van der Waals surface area (Å²) in [4.78, 5) is 12.6. The van der Waals surface area contributed by atoms with Crippen molar-refractivity contribution in [3.63, 3.8) is 0 Å². The fourth-order valence-corrected chi connectivity index (χ4v) is 2.89. The SMILES string of the molecule is CCn1nnc2cc(C(=O)Nc3cccc(C#Cc4ccccc4)c3)ccc21. The summed E-state index contributed by atoms with van der Waals surface area (Å²) in [6.45, 7) is 2.74. The van der Waals surface area contributed by atoms with Crippen LogP contribution in [0, 0.1) is 11.8 Å². The molecule has 1 aromatic heterocycles. The van der Waals surface area contributed by atoms with E-state index < -0.39 is 0 Å². The quantitative estimate of drug-likeness (QED) is 0.555. The van der Waals surface area contributed by atoms with Crippen LogP contribution in [0.2, 0.25) is 0 Å². The normalized spacial score (nSPS) is 10.3. The van der Waals surface area contributed by atoms with Crippen molar-refractivity contribution < 1.29 is 4.79 Å². The molecule has 0 saturated heterocycles. The zero-order valence-electron chi connectivity index (χ0n) is 15.4. The molecule has 0 unspecified atom stereocenters. The van der Waals surface area contributed by atoms with E-state index >= 15 is 0 Å². The van der Waals surface area contributed by atoms with Crippen molar-refractivity contribution in [2.24, 2.45) is 0 Å². The highest BCUT2D eigenvalue weighted by molar-refractivity contribution is 6.05. The molecule has 3 aromatic carbocycles. The fourth-order valence-electron chi connectivity index (χ4n) is 2.89. The van der Waals surface area contributed by atoms with Crippen LogP contribution in [0.15, 0.2) is 72.8 Å². The molecule has 4 aromatic rings. The molecule has 0 bridgehead atoms. The van der Waals surface area contributed by atoms with Crippen LogP contribution in [-0.4, -0.2) is 20.9 Å². The molecular formula is C23H18N4O. The topological polar surface area (TPSA) is 59.8 Å². The highest BCUT2D eigenvalue weighted by Gasteiger charge is 2.10. The summed E-state index contributed by atoms with van der Waals surface area (Å²) in [5.74, 6) is 6.05. The minimum atomic E-state index is -0.193. The number of aromatic nitrogens is 3. The Hall–Kier alpha value is -3.91. The predicted molar refractivity (Wildman–Crippen MR) is 110 cm³/mol. The Labute approximate surface area is 163 Å². The van der Waals surface area contributed by atoms with Gasteiger partial charge in [-0.15, -0.1) is 5.10 Å². The van der Waals surface area contributed by atoms with E-state index in [1.807, 2.05) is 67.6 Å². The molecule has 0 fully saturated rings. The van der Waals surface area contributed by atoms with Gasteiger partial charge in [-0.05, 0) is 55.5 Å². The Kier molecular flexibility index (Phi) is 4.85. The Morgan fingerprint density at radius 3 is 2.57 bits per heavy atom. The van der Waals surface area contributed by atoms with Crippen LogP contribution < -0.4 is 5.32 Å². The second-order valence-electron chi connectivity index (χ2n) is 6.26. The van der Waals surface area contributed by atoms with E-state index in [1.54, 1.807) is 16.8 Å². The van der Waals surface area contributed by atoms with E-state index in [1.165, 1.54) is 0 Å². The maximum Gasteiger partial charge on any atom is 0.255 e. The van der Waals surface area contributed by atoms with Gasteiger partial charge in [-0.2, -0.15) is 0 Å². The van der Waals surface area contributed by atoms with Gasteiger partial charge >= 0.3 is 0 Å². The van der Waals surface area contributed by atoms with Gasteiger partial charge in [-0.3, -0.25) is 4.79 Å². The van der Waals surface area contributed by atoms with E-state index in [4.69, 9.17) is 0 Å². The van der Waals surface area contributed by atoms with Crippen molar-refractivity contribution in [1.29, 1.82) is 0 Å². The van der Waals surface area contributed by atoms with Crippen molar-refractivity contribution in [2.45, 2.75) is 13.5 Å². The first-order chi connectivity index (χ1) is 13.7. The van der Waals surface area contributed by atoms with E-state index in [9.17, 15) is 4.79 Å². The first-order valence-electron chi connectivity index (χ1n) is 9.04. The third-order valence-electron chi connectivity index (χ3n) is 4.32. The van der Waals surface area contributed by atoms with Crippen molar-refractivity contribution in [2.75, 3.05) is 5.32 Å². The van der Waals surface area contributed by atoms with E-state index in [-0.39, 0.29) is 5.91 Å². The summed E-state index contributed by atoms with van der Waals surface area (Å²) in [6, 6.07) is 22.7. The van der Waals surface area contributed by atoms with Crippen molar-refractivity contribution in [3.8, 4) is 11.8 Å². The van der Waals surface area contributed by atoms with Crippen molar-refractivity contribution in [1.82, 2.24) is 15.0 Å². The van der Waals surface area contributed by atoms with Crippen LogP contribution in [0.5, 0.6) is 0 Å². The minimum absolute atomic E-state index is 0.193. The number of carbonyl (C=O) groups excluding carboxylic acids is 1. The van der Waals surface area contributed by atoms with Gasteiger partial charge in [0.1, 0.15) is 5.52 Å². The number of hydrogen-bond donors (Lipinski definition) is 1. The molecule has 1 amide bonds. The van der Waals surface area contributed by atoms with Crippen molar-refractivity contribution in [3.05, 3.63) is 89.5 Å². The molecule has 28 heavy (non-hydrogen) atoms. The molecule has 0 saturated carbocycles. The van der Waals surface area contributed by atoms with Gasteiger partial charge in [0, 0.05) is 28.9 Å². The van der Waals surface area contributed by atoms with Gasteiger partial charge in [0.15, 0.2) is 0 Å². The van der Waals surface area contributed by atoms with Gasteiger partial charge < -0.3 is 5.32 Å². The summed E-state index contributed by atoms with van der Waals surface area (Å²) in [5, 5.41) is 11.1. The van der Waals surface area contributed by atoms with Crippen LogP contribution in [0.1, 0.15) is 28.4 Å². The molecule has 1 heterocycles. The number of carbonyl (C=O) groups is 1. The molecule has 0 aliphatic rings. The smallest absolute Gasteiger partial charge is 0.255 e. The molecular weight excluding hydrogens is 348 g/mol. The molecule has 0 radical (unpaired) electrons. The monoisotopic (exact) mass is 366 g/mol.